The van der Waals surface area contributed by atoms with Crippen LogP contribution in [0.1, 0.15) is 142 Å². The fraction of sp³-hybridized carbons (Fsp3) is 0.674. The monoisotopic (exact) mass is 807 g/mol. The number of allylic oxidation sites excluding steroid dienone is 11. The molecule has 0 saturated heterocycles. The molecule has 0 aromatic heterocycles. The van der Waals surface area contributed by atoms with E-state index in [1.54, 1.807) is 12.3 Å². The first-order chi connectivity index (χ1) is 27.0. The molecule has 0 rings (SSSR count). The molecule has 0 spiro atoms. The molecule has 2 unspecified atom stereocenters. The Bertz CT molecular complexity index is 1180. The van der Waals surface area contributed by atoms with Crippen molar-refractivity contribution >= 4 is 13.8 Å². The first-order valence-electron chi connectivity index (χ1n) is 21.5. The minimum absolute atomic E-state index is 0.00329. The highest BCUT2D eigenvalue weighted by Crippen LogP contribution is 2.43. The van der Waals surface area contributed by atoms with Gasteiger partial charge in [-0.25, -0.2) is 4.57 Å². The first kappa shape index (κ1) is 53.5. The van der Waals surface area contributed by atoms with E-state index in [-0.39, 0.29) is 26.2 Å². The number of aliphatic hydroxyl groups excluding tert-OH is 1. The van der Waals surface area contributed by atoms with Gasteiger partial charge in [0.25, 0.3) is 0 Å². The van der Waals surface area contributed by atoms with E-state index in [9.17, 15) is 19.4 Å². The van der Waals surface area contributed by atoms with Gasteiger partial charge in [0, 0.05) is 6.42 Å². The van der Waals surface area contributed by atoms with Gasteiger partial charge in [0.05, 0.1) is 40.1 Å². The largest absolute Gasteiger partial charge is 0.498 e. The smallest absolute Gasteiger partial charge is 0.472 e. The molecule has 56 heavy (non-hydrogen) atoms. The Labute approximate surface area is 342 Å². The van der Waals surface area contributed by atoms with Crippen molar-refractivity contribution in [2.75, 3.05) is 47.5 Å². The molecule has 2 N–H and O–H groups in total. The third-order valence-corrected chi connectivity index (χ3v) is 9.61. The van der Waals surface area contributed by atoms with Crippen LogP contribution in [0, 0.1) is 0 Å². The van der Waals surface area contributed by atoms with Gasteiger partial charge >= 0.3 is 13.8 Å². The first-order valence-corrected chi connectivity index (χ1v) is 23.0. The van der Waals surface area contributed by atoms with Crippen LogP contribution in [0.15, 0.2) is 85.3 Å². The van der Waals surface area contributed by atoms with Crippen LogP contribution >= 0.6 is 7.82 Å². The van der Waals surface area contributed by atoms with Crippen LogP contribution in [0.4, 0.5) is 0 Å². The summed E-state index contributed by atoms with van der Waals surface area (Å²) in [7, 11) is 1.55. The highest BCUT2D eigenvalue weighted by Gasteiger charge is 2.26. The number of likely N-dealkylation sites (N-methyl/N-ethyl adjacent to an activating group) is 1. The molecule has 0 heterocycles. The Morgan fingerprint density at radius 3 is 1.88 bits per heavy atom. The van der Waals surface area contributed by atoms with Crippen molar-refractivity contribution in [3.8, 4) is 0 Å². The van der Waals surface area contributed by atoms with Gasteiger partial charge in [-0.15, -0.1) is 0 Å². The lowest BCUT2D eigenvalue weighted by atomic mass is 10.0. The highest BCUT2D eigenvalue weighted by molar-refractivity contribution is 7.47. The number of hydrogen-bond donors (Lipinski definition) is 2. The van der Waals surface area contributed by atoms with Gasteiger partial charge in [0.2, 0.25) is 0 Å². The SMILES string of the molecule is CC/C=C\CC(O)/C=C/C=C/C/C=C\C/C=C\C/C=C\CCC(=O)O[C@H](CO/C=C/CCCCCCCCCCCCCC)COP(=O)(O)OCC[N+](C)(C)C. The average molecular weight is 807 g/mol. The summed E-state index contributed by atoms with van der Waals surface area (Å²) in [6.07, 6.45) is 47.7. The zero-order valence-electron chi connectivity index (χ0n) is 35.9. The van der Waals surface area contributed by atoms with Crippen molar-refractivity contribution in [1.29, 1.82) is 0 Å². The molecular weight excluding hydrogens is 725 g/mol. The summed E-state index contributed by atoms with van der Waals surface area (Å²) in [5, 5.41) is 9.84. The number of phosphoric acid groups is 1. The Kier molecular flexibility index (Phi) is 36.3. The summed E-state index contributed by atoms with van der Waals surface area (Å²) in [4.78, 5) is 22.8. The maximum atomic E-state index is 12.6. The minimum Gasteiger partial charge on any atom is -0.498 e. The van der Waals surface area contributed by atoms with Crippen molar-refractivity contribution in [3.63, 3.8) is 0 Å². The van der Waals surface area contributed by atoms with Gasteiger partial charge in [-0.05, 0) is 57.4 Å². The molecule has 0 aliphatic heterocycles. The number of quaternary nitrogens is 1. The Morgan fingerprint density at radius 2 is 1.27 bits per heavy atom. The van der Waals surface area contributed by atoms with Crippen LogP contribution in [0.2, 0.25) is 0 Å². The minimum atomic E-state index is -4.32. The predicted molar refractivity (Wildman–Crippen MR) is 234 cm³/mol. The summed E-state index contributed by atoms with van der Waals surface area (Å²) in [5.41, 5.74) is 0. The Morgan fingerprint density at radius 1 is 0.679 bits per heavy atom. The van der Waals surface area contributed by atoms with Crippen LogP contribution < -0.4 is 0 Å². The molecule has 10 heteroatoms. The van der Waals surface area contributed by atoms with Crippen LogP contribution in [-0.2, 0) is 27.9 Å². The third kappa shape index (κ3) is 41.1. The van der Waals surface area contributed by atoms with E-state index in [0.29, 0.717) is 23.9 Å². The maximum absolute atomic E-state index is 12.6. The fourth-order valence-electron chi connectivity index (χ4n) is 5.27. The number of nitrogens with zero attached hydrogens (tertiary/aromatic N) is 1. The topological polar surface area (TPSA) is 112 Å². The van der Waals surface area contributed by atoms with E-state index >= 15 is 0 Å². The predicted octanol–water partition coefficient (Wildman–Crippen LogP) is 11.8. The number of carbonyl (C=O) groups is 1. The summed E-state index contributed by atoms with van der Waals surface area (Å²) < 4.78 is 34.6. The van der Waals surface area contributed by atoms with Crippen molar-refractivity contribution in [1.82, 2.24) is 0 Å². The van der Waals surface area contributed by atoms with Gasteiger partial charge in [-0.3, -0.25) is 13.8 Å². The lowest BCUT2D eigenvalue weighted by Crippen LogP contribution is -2.37. The molecule has 9 nitrogen and oxygen atoms in total. The molecule has 0 bridgehead atoms. The highest BCUT2D eigenvalue weighted by atomic mass is 31.2. The van der Waals surface area contributed by atoms with E-state index in [1.165, 1.54) is 70.6 Å². The molecule has 0 aliphatic carbocycles. The third-order valence-electron chi connectivity index (χ3n) is 8.63. The summed E-state index contributed by atoms with van der Waals surface area (Å²) >= 11 is 0. The zero-order valence-corrected chi connectivity index (χ0v) is 36.8. The van der Waals surface area contributed by atoms with E-state index in [2.05, 4.69) is 44.2 Å². The number of esters is 1. The molecule has 322 valence electrons. The van der Waals surface area contributed by atoms with Gasteiger partial charge in [0.15, 0.2) is 6.10 Å². The quantitative estimate of drug-likeness (QED) is 0.0121. The van der Waals surface area contributed by atoms with Crippen molar-refractivity contribution < 1.29 is 42.4 Å². The summed E-state index contributed by atoms with van der Waals surface area (Å²) in [6, 6.07) is 0. The molecule has 0 fully saturated rings. The van der Waals surface area contributed by atoms with Crippen molar-refractivity contribution in [2.24, 2.45) is 0 Å². The Hall–Kier alpha value is -2.52. The lowest BCUT2D eigenvalue weighted by molar-refractivity contribution is -0.870. The molecule has 0 aromatic rings. The number of aliphatic hydroxyl groups is 1. The van der Waals surface area contributed by atoms with E-state index < -0.39 is 26.0 Å². The summed E-state index contributed by atoms with van der Waals surface area (Å²) in [5.74, 6) is -0.434. The van der Waals surface area contributed by atoms with E-state index in [1.807, 2.05) is 63.7 Å². The van der Waals surface area contributed by atoms with Crippen molar-refractivity contribution in [3.05, 3.63) is 85.3 Å². The second-order valence-electron chi connectivity index (χ2n) is 15.3. The molecule has 0 saturated carbocycles. The maximum Gasteiger partial charge on any atom is 0.472 e. The zero-order chi connectivity index (χ0) is 41.4. The molecule has 0 aromatic carbocycles. The Balaban J connectivity index is 4.49. The van der Waals surface area contributed by atoms with E-state index in [0.717, 1.165) is 38.5 Å². The van der Waals surface area contributed by atoms with Gasteiger partial charge in [0.1, 0.15) is 19.8 Å². The number of phosphoric ester groups is 1. The second-order valence-corrected chi connectivity index (χ2v) is 16.7. The average Bonchev–Trinajstić information content (AvgIpc) is 3.14. The van der Waals surface area contributed by atoms with Gasteiger partial charge in [-0.2, -0.15) is 0 Å². The normalized spacial score (nSPS) is 15.1. The number of hydrogen-bond acceptors (Lipinski definition) is 7. The number of unbranched alkanes of at least 4 members (excludes halogenated alkanes) is 12. The van der Waals surface area contributed by atoms with E-state index in [4.69, 9.17) is 18.5 Å². The molecule has 3 atom stereocenters. The molecule has 0 aliphatic rings. The van der Waals surface area contributed by atoms with Crippen molar-refractivity contribution in [2.45, 2.75) is 154 Å². The molecule has 0 radical (unpaired) electrons. The number of ether oxygens (including phenoxy) is 2. The van der Waals surface area contributed by atoms with Crippen LogP contribution in [-0.4, -0.2) is 80.2 Å². The summed E-state index contributed by atoms with van der Waals surface area (Å²) in [6.45, 7) is 4.60. The fourth-order valence-corrected chi connectivity index (χ4v) is 6.02. The molecule has 0 amide bonds. The van der Waals surface area contributed by atoms with Gasteiger partial charge < -0.3 is 24.0 Å². The van der Waals surface area contributed by atoms with Gasteiger partial charge in [-0.1, -0.05) is 157 Å². The van der Waals surface area contributed by atoms with Crippen LogP contribution in [0.25, 0.3) is 0 Å². The molecular formula is C46H81NO8P+. The standard InChI is InChI=1S/C46H80NO8P/c1-6-8-10-11-12-13-14-15-19-22-25-28-31-35-40-52-42-45(43-54-56(50,51)53-41-39-47(3,4)5)55-46(49)38-34-30-27-24-21-18-16-17-20-23-26-29-33-37-44(48)36-32-9-7-2/h9,17-18,20-21,26-27,29-30,32-33,35,37,40,44-45,48H,6-8,10-16,19,22-25,28,31,34,36,38-39,41-43H2,1-5H3/p+1/b20-17-,21-18-,29-26+,30-27-,32-9-,37-33+,40-35+/t44?,45-/m1/s1. The number of carbonyl (C=O) groups excluding carboxylic acids is 1. The lowest BCUT2D eigenvalue weighted by Gasteiger charge is -2.24. The number of rotatable bonds is 38. The van der Waals surface area contributed by atoms with Crippen LogP contribution in [0.3, 0.4) is 0 Å². The van der Waals surface area contributed by atoms with Crippen LogP contribution in [0.5, 0.6) is 0 Å². The second kappa shape index (κ2) is 38.0.